The molecule has 0 aliphatic rings. The van der Waals surface area contributed by atoms with Crippen LogP contribution in [0, 0.1) is 0 Å². The highest BCUT2D eigenvalue weighted by molar-refractivity contribution is 5.76. The molecular weight excluding hydrogens is 188 g/mol. The van der Waals surface area contributed by atoms with Gasteiger partial charge >= 0.3 is 0 Å². The lowest BCUT2D eigenvalue weighted by Gasteiger charge is -2.03. The number of aromatic nitrogens is 2. The van der Waals surface area contributed by atoms with Crippen molar-refractivity contribution < 1.29 is 4.79 Å². The zero-order chi connectivity index (χ0) is 10.7. The third-order valence-electron chi connectivity index (χ3n) is 2.44. The van der Waals surface area contributed by atoms with Crippen molar-refractivity contribution in [3.63, 3.8) is 0 Å². The van der Waals surface area contributed by atoms with E-state index in [1.165, 1.54) is 5.56 Å². The number of aldehydes is 1. The summed E-state index contributed by atoms with van der Waals surface area (Å²) in [4.78, 5) is 10.8. The minimum atomic E-state index is 0.668. The van der Waals surface area contributed by atoms with Gasteiger partial charge in [0.05, 0.1) is 17.5 Å². The summed E-state index contributed by atoms with van der Waals surface area (Å²) in [5.41, 5.74) is 2.81. The number of hydrogen-bond acceptors (Lipinski definition) is 2. The second-order valence-electron chi connectivity index (χ2n) is 3.45. The molecule has 0 N–H and O–H groups in total. The smallest absolute Gasteiger partial charge is 0.153 e. The van der Waals surface area contributed by atoms with E-state index in [-0.39, 0.29) is 0 Å². The molecule has 2 rings (SSSR count). The summed E-state index contributed by atoms with van der Waals surface area (Å²) in [7, 11) is 1.85. The highest BCUT2D eigenvalue weighted by Gasteiger charge is 2.07. The Labute approximate surface area is 88.4 Å². The molecule has 0 spiro atoms. The van der Waals surface area contributed by atoms with Crippen molar-refractivity contribution in [2.75, 3.05) is 0 Å². The molecule has 1 aromatic heterocycles. The SMILES string of the molecule is Cn1ncc(C=O)c1Cc1ccccc1. The van der Waals surface area contributed by atoms with Gasteiger partial charge in [0.15, 0.2) is 6.29 Å². The van der Waals surface area contributed by atoms with E-state index in [9.17, 15) is 4.79 Å². The second kappa shape index (κ2) is 4.09. The first-order valence-corrected chi connectivity index (χ1v) is 4.81. The topological polar surface area (TPSA) is 34.9 Å². The van der Waals surface area contributed by atoms with Crippen LogP contribution in [0.15, 0.2) is 36.5 Å². The Balaban J connectivity index is 2.31. The fourth-order valence-corrected chi connectivity index (χ4v) is 1.58. The van der Waals surface area contributed by atoms with Crippen LogP contribution in [-0.2, 0) is 13.5 Å². The number of hydrogen-bond donors (Lipinski definition) is 0. The molecular formula is C12H12N2O. The number of carbonyl (C=O) groups is 1. The average Bonchev–Trinajstić information content (AvgIpc) is 2.62. The number of carbonyl (C=O) groups excluding carboxylic acids is 1. The molecule has 0 saturated heterocycles. The average molecular weight is 200 g/mol. The van der Waals surface area contributed by atoms with Crippen LogP contribution >= 0.6 is 0 Å². The molecule has 76 valence electrons. The van der Waals surface area contributed by atoms with Crippen molar-refractivity contribution in [3.05, 3.63) is 53.3 Å². The summed E-state index contributed by atoms with van der Waals surface area (Å²) in [6, 6.07) is 10.1. The van der Waals surface area contributed by atoms with Gasteiger partial charge in [0, 0.05) is 13.5 Å². The fraction of sp³-hybridized carbons (Fsp3) is 0.167. The van der Waals surface area contributed by atoms with E-state index in [0.717, 1.165) is 18.4 Å². The van der Waals surface area contributed by atoms with E-state index < -0.39 is 0 Å². The van der Waals surface area contributed by atoms with Crippen LogP contribution in [0.25, 0.3) is 0 Å². The number of aryl methyl sites for hydroxylation is 1. The summed E-state index contributed by atoms with van der Waals surface area (Å²) in [6.07, 6.45) is 3.20. The second-order valence-corrected chi connectivity index (χ2v) is 3.45. The minimum absolute atomic E-state index is 0.668. The molecule has 15 heavy (non-hydrogen) atoms. The van der Waals surface area contributed by atoms with Gasteiger partial charge in [0.25, 0.3) is 0 Å². The lowest BCUT2D eigenvalue weighted by Crippen LogP contribution is -2.01. The molecule has 0 aliphatic carbocycles. The van der Waals surface area contributed by atoms with Gasteiger partial charge in [-0.2, -0.15) is 5.10 Å². The monoisotopic (exact) mass is 200 g/mol. The maximum atomic E-state index is 10.8. The lowest BCUT2D eigenvalue weighted by molar-refractivity contribution is 0.112. The van der Waals surface area contributed by atoms with Crippen LogP contribution in [0.2, 0.25) is 0 Å². The van der Waals surface area contributed by atoms with Crippen LogP contribution in [-0.4, -0.2) is 16.1 Å². The predicted molar refractivity (Wildman–Crippen MR) is 57.8 cm³/mol. The Morgan fingerprint density at radius 2 is 2.07 bits per heavy atom. The Bertz CT molecular complexity index is 460. The van der Waals surface area contributed by atoms with Crippen molar-refractivity contribution in [2.24, 2.45) is 7.05 Å². The maximum absolute atomic E-state index is 10.8. The van der Waals surface area contributed by atoms with Crippen molar-refractivity contribution >= 4 is 6.29 Å². The van der Waals surface area contributed by atoms with Crippen molar-refractivity contribution in [1.29, 1.82) is 0 Å². The highest BCUT2D eigenvalue weighted by Crippen LogP contribution is 2.11. The molecule has 0 atom stereocenters. The van der Waals surface area contributed by atoms with Gasteiger partial charge in [-0.3, -0.25) is 9.48 Å². The fourth-order valence-electron chi connectivity index (χ4n) is 1.58. The van der Waals surface area contributed by atoms with Gasteiger partial charge in [0.2, 0.25) is 0 Å². The number of benzene rings is 1. The van der Waals surface area contributed by atoms with E-state index in [4.69, 9.17) is 0 Å². The first-order chi connectivity index (χ1) is 7.31. The Hall–Kier alpha value is -1.90. The van der Waals surface area contributed by atoms with Gasteiger partial charge in [-0.15, -0.1) is 0 Å². The summed E-state index contributed by atoms with van der Waals surface area (Å²) >= 11 is 0. The van der Waals surface area contributed by atoms with Gasteiger partial charge in [-0.25, -0.2) is 0 Å². The molecule has 0 bridgehead atoms. The predicted octanol–water partition coefficient (Wildman–Crippen LogP) is 1.82. The van der Waals surface area contributed by atoms with E-state index >= 15 is 0 Å². The van der Waals surface area contributed by atoms with Crippen LogP contribution < -0.4 is 0 Å². The first-order valence-electron chi connectivity index (χ1n) is 4.81. The first kappa shape index (κ1) is 9.65. The summed E-state index contributed by atoms with van der Waals surface area (Å²) in [5.74, 6) is 0. The standard InChI is InChI=1S/C12H12N2O/c1-14-12(11(9-15)8-13-14)7-10-5-3-2-4-6-10/h2-6,8-9H,7H2,1H3. The van der Waals surface area contributed by atoms with Crippen molar-refractivity contribution in [3.8, 4) is 0 Å². The van der Waals surface area contributed by atoms with E-state index in [1.807, 2.05) is 37.4 Å². The van der Waals surface area contributed by atoms with Crippen molar-refractivity contribution in [2.45, 2.75) is 6.42 Å². The molecule has 1 heterocycles. The van der Waals surface area contributed by atoms with Crippen LogP contribution in [0.5, 0.6) is 0 Å². The molecule has 0 radical (unpaired) electrons. The van der Waals surface area contributed by atoms with Gasteiger partial charge in [-0.05, 0) is 5.56 Å². The highest BCUT2D eigenvalue weighted by atomic mass is 16.1. The summed E-state index contributed by atoms with van der Waals surface area (Å²) in [6.45, 7) is 0. The lowest BCUT2D eigenvalue weighted by atomic mass is 10.1. The van der Waals surface area contributed by atoms with Gasteiger partial charge in [0.1, 0.15) is 0 Å². The number of nitrogens with zero attached hydrogens (tertiary/aromatic N) is 2. The molecule has 1 aromatic carbocycles. The molecule has 3 nitrogen and oxygen atoms in total. The molecule has 3 heteroatoms. The third kappa shape index (κ3) is 1.96. The molecule has 0 unspecified atom stereocenters. The van der Waals surface area contributed by atoms with Crippen LogP contribution in [0.4, 0.5) is 0 Å². The molecule has 0 amide bonds. The molecule has 0 fully saturated rings. The van der Waals surface area contributed by atoms with Crippen LogP contribution in [0.3, 0.4) is 0 Å². The molecule has 0 saturated carbocycles. The van der Waals surface area contributed by atoms with E-state index in [0.29, 0.717) is 5.56 Å². The Morgan fingerprint density at radius 3 is 2.73 bits per heavy atom. The minimum Gasteiger partial charge on any atom is -0.298 e. The van der Waals surface area contributed by atoms with Gasteiger partial charge < -0.3 is 0 Å². The summed E-state index contributed by atoms with van der Waals surface area (Å²) in [5, 5.41) is 4.07. The Kier molecular flexibility index (Phi) is 2.63. The van der Waals surface area contributed by atoms with Crippen molar-refractivity contribution in [1.82, 2.24) is 9.78 Å². The Morgan fingerprint density at radius 1 is 1.33 bits per heavy atom. The zero-order valence-electron chi connectivity index (χ0n) is 8.55. The molecule has 2 aromatic rings. The summed E-state index contributed by atoms with van der Waals surface area (Å²) < 4.78 is 1.75. The largest absolute Gasteiger partial charge is 0.298 e. The maximum Gasteiger partial charge on any atom is 0.153 e. The molecule has 0 aliphatic heterocycles. The third-order valence-corrected chi connectivity index (χ3v) is 2.44. The van der Waals surface area contributed by atoms with Gasteiger partial charge in [-0.1, -0.05) is 30.3 Å². The van der Waals surface area contributed by atoms with Crippen LogP contribution in [0.1, 0.15) is 21.6 Å². The zero-order valence-corrected chi connectivity index (χ0v) is 8.55. The quantitative estimate of drug-likeness (QED) is 0.708. The van der Waals surface area contributed by atoms with E-state index in [1.54, 1.807) is 10.9 Å². The normalized spacial score (nSPS) is 10.2. The van der Waals surface area contributed by atoms with E-state index in [2.05, 4.69) is 5.10 Å². The number of rotatable bonds is 3.